The van der Waals surface area contributed by atoms with E-state index in [4.69, 9.17) is 11.6 Å². The molecule has 6 heteroatoms. The minimum absolute atomic E-state index is 0.0434. The Morgan fingerprint density at radius 3 is 2.94 bits per heavy atom. The second kappa shape index (κ2) is 5.82. The predicted molar refractivity (Wildman–Crippen MR) is 74.6 cm³/mol. The van der Waals surface area contributed by atoms with Gasteiger partial charge in [-0.3, -0.25) is 4.79 Å². The van der Waals surface area contributed by atoms with Crippen LogP contribution in [0.2, 0.25) is 5.02 Å². The van der Waals surface area contributed by atoms with Gasteiger partial charge in [0.1, 0.15) is 0 Å². The molecule has 94 valence electrons. The fourth-order valence-electron chi connectivity index (χ4n) is 1.39. The molecular formula is C12H8BrClFNOS. The smallest absolute Gasteiger partial charge is 0.254 e. The summed E-state index contributed by atoms with van der Waals surface area (Å²) >= 11 is 10.5. The first-order chi connectivity index (χ1) is 8.58. The summed E-state index contributed by atoms with van der Waals surface area (Å²) in [6.07, 6.45) is 0. The third-order valence-corrected chi connectivity index (χ3v) is 4.23. The molecule has 0 saturated heterocycles. The van der Waals surface area contributed by atoms with Gasteiger partial charge in [-0.15, -0.1) is 11.3 Å². The maximum atomic E-state index is 13.6. The van der Waals surface area contributed by atoms with E-state index in [0.717, 1.165) is 9.35 Å². The molecule has 18 heavy (non-hydrogen) atoms. The molecule has 1 amide bonds. The molecule has 1 heterocycles. The Labute approximate surface area is 121 Å². The monoisotopic (exact) mass is 347 g/mol. The molecule has 0 bridgehead atoms. The number of halogens is 3. The largest absolute Gasteiger partial charge is 0.347 e. The van der Waals surface area contributed by atoms with Crippen molar-refractivity contribution < 1.29 is 9.18 Å². The Hall–Kier alpha value is -0.910. The lowest BCUT2D eigenvalue weighted by molar-refractivity contribution is 0.0947. The van der Waals surface area contributed by atoms with Gasteiger partial charge in [-0.2, -0.15) is 0 Å². The minimum Gasteiger partial charge on any atom is -0.347 e. The molecule has 0 aliphatic heterocycles. The van der Waals surface area contributed by atoms with Crippen molar-refractivity contribution >= 4 is 44.8 Å². The maximum absolute atomic E-state index is 13.6. The molecule has 0 unspecified atom stereocenters. The number of rotatable bonds is 3. The van der Waals surface area contributed by atoms with Gasteiger partial charge in [0.2, 0.25) is 0 Å². The number of amides is 1. The standard InChI is InChI=1S/C12H8BrClFNOS/c13-7-4-8(18-6-7)5-16-12(17)9-2-1-3-10(14)11(9)15/h1-4,6H,5H2,(H,16,17). The van der Waals surface area contributed by atoms with Crippen molar-refractivity contribution in [2.45, 2.75) is 6.54 Å². The molecule has 0 aliphatic carbocycles. The van der Waals surface area contributed by atoms with E-state index in [1.54, 1.807) is 6.07 Å². The van der Waals surface area contributed by atoms with Crippen molar-refractivity contribution in [2.75, 3.05) is 0 Å². The van der Waals surface area contributed by atoms with E-state index in [0.29, 0.717) is 6.54 Å². The van der Waals surface area contributed by atoms with E-state index in [1.807, 2.05) is 11.4 Å². The average molecular weight is 349 g/mol. The Kier molecular flexibility index (Phi) is 4.37. The topological polar surface area (TPSA) is 29.1 Å². The van der Waals surface area contributed by atoms with E-state index in [9.17, 15) is 9.18 Å². The zero-order valence-electron chi connectivity index (χ0n) is 9.04. The average Bonchev–Trinajstić information content (AvgIpc) is 2.76. The van der Waals surface area contributed by atoms with Gasteiger partial charge in [-0.25, -0.2) is 4.39 Å². The van der Waals surface area contributed by atoms with Crippen LogP contribution in [0.25, 0.3) is 0 Å². The normalized spacial score (nSPS) is 10.4. The molecule has 1 aromatic carbocycles. The summed E-state index contributed by atoms with van der Waals surface area (Å²) in [5.41, 5.74) is -0.0434. The number of benzene rings is 1. The van der Waals surface area contributed by atoms with Crippen molar-refractivity contribution in [1.82, 2.24) is 5.32 Å². The summed E-state index contributed by atoms with van der Waals surface area (Å²) in [5.74, 6) is -1.16. The fraction of sp³-hybridized carbons (Fsp3) is 0.0833. The number of hydrogen-bond acceptors (Lipinski definition) is 2. The van der Waals surface area contributed by atoms with Gasteiger partial charge < -0.3 is 5.32 Å². The highest BCUT2D eigenvalue weighted by atomic mass is 79.9. The molecule has 1 N–H and O–H groups in total. The first-order valence-corrected chi connectivity index (χ1v) is 7.08. The van der Waals surface area contributed by atoms with Crippen LogP contribution < -0.4 is 5.32 Å². The summed E-state index contributed by atoms with van der Waals surface area (Å²) in [5, 5.41) is 4.51. The quantitative estimate of drug-likeness (QED) is 0.883. The summed E-state index contributed by atoms with van der Waals surface area (Å²) in [6.45, 7) is 0.362. The maximum Gasteiger partial charge on any atom is 0.254 e. The Bertz CT molecular complexity index is 587. The highest BCUT2D eigenvalue weighted by Gasteiger charge is 2.13. The van der Waals surface area contributed by atoms with Crippen LogP contribution in [0.15, 0.2) is 34.1 Å². The first-order valence-electron chi connectivity index (χ1n) is 5.03. The van der Waals surface area contributed by atoms with Gasteiger partial charge in [-0.05, 0) is 34.1 Å². The molecule has 0 atom stereocenters. The van der Waals surface area contributed by atoms with Crippen molar-refractivity contribution in [1.29, 1.82) is 0 Å². The van der Waals surface area contributed by atoms with Gasteiger partial charge in [0.05, 0.1) is 17.1 Å². The fourth-order valence-corrected chi connectivity index (χ4v) is 2.95. The molecule has 2 nitrogen and oxygen atoms in total. The van der Waals surface area contributed by atoms with Gasteiger partial charge >= 0.3 is 0 Å². The summed E-state index contributed by atoms with van der Waals surface area (Å²) in [7, 11) is 0. The Morgan fingerprint density at radius 2 is 2.28 bits per heavy atom. The third-order valence-electron chi connectivity index (χ3n) is 2.24. The van der Waals surface area contributed by atoms with E-state index in [1.165, 1.54) is 23.5 Å². The van der Waals surface area contributed by atoms with Gasteiger partial charge in [0, 0.05) is 14.7 Å². The van der Waals surface area contributed by atoms with Crippen LogP contribution >= 0.6 is 38.9 Å². The van der Waals surface area contributed by atoms with Crippen LogP contribution in [0.4, 0.5) is 4.39 Å². The zero-order valence-corrected chi connectivity index (χ0v) is 12.2. The summed E-state index contributed by atoms with van der Waals surface area (Å²) in [4.78, 5) is 12.8. The summed E-state index contributed by atoms with van der Waals surface area (Å²) in [6, 6.07) is 6.26. The third kappa shape index (κ3) is 3.10. The molecule has 0 spiro atoms. The highest BCUT2D eigenvalue weighted by Crippen LogP contribution is 2.20. The minimum atomic E-state index is -0.691. The van der Waals surface area contributed by atoms with Crippen molar-refractivity contribution in [2.24, 2.45) is 0 Å². The number of carbonyl (C=O) groups excluding carboxylic acids is 1. The van der Waals surface area contributed by atoms with E-state index < -0.39 is 11.7 Å². The molecule has 0 saturated carbocycles. The Morgan fingerprint density at radius 1 is 1.50 bits per heavy atom. The van der Waals surface area contributed by atoms with Gasteiger partial charge in [0.15, 0.2) is 5.82 Å². The lowest BCUT2D eigenvalue weighted by Crippen LogP contribution is -2.23. The van der Waals surface area contributed by atoms with E-state index >= 15 is 0 Å². The van der Waals surface area contributed by atoms with Crippen LogP contribution in [0.1, 0.15) is 15.2 Å². The summed E-state index contributed by atoms with van der Waals surface area (Å²) < 4.78 is 14.5. The van der Waals surface area contributed by atoms with Crippen LogP contribution in [0.3, 0.4) is 0 Å². The molecule has 1 aromatic heterocycles. The van der Waals surface area contributed by atoms with Gasteiger partial charge in [-0.1, -0.05) is 17.7 Å². The number of nitrogens with one attached hydrogen (secondary N) is 1. The van der Waals surface area contributed by atoms with Crippen LogP contribution in [-0.4, -0.2) is 5.91 Å². The molecule has 0 aliphatic rings. The molecule has 2 rings (SSSR count). The second-order valence-corrected chi connectivity index (χ2v) is 5.83. The lowest BCUT2D eigenvalue weighted by atomic mass is 10.2. The molecule has 2 aromatic rings. The van der Waals surface area contributed by atoms with Crippen LogP contribution in [-0.2, 0) is 6.54 Å². The highest BCUT2D eigenvalue weighted by molar-refractivity contribution is 9.10. The van der Waals surface area contributed by atoms with Crippen molar-refractivity contribution in [3.05, 3.63) is 55.4 Å². The van der Waals surface area contributed by atoms with E-state index in [-0.39, 0.29) is 10.6 Å². The first kappa shape index (κ1) is 13.5. The van der Waals surface area contributed by atoms with Crippen molar-refractivity contribution in [3.63, 3.8) is 0 Å². The number of hydrogen-bond donors (Lipinski definition) is 1. The van der Waals surface area contributed by atoms with E-state index in [2.05, 4.69) is 21.2 Å². The van der Waals surface area contributed by atoms with Gasteiger partial charge in [0.25, 0.3) is 5.91 Å². The Balaban J connectivity index is 2.06. The number of thiophene rings is 1. The van der Waals surface area contributed by atoms with Crippen molar-refractivity contribution in [3.8, 4) is 0 Å². The number of carbonyl (C=O) groups is 1. The second-order valence-electron chi connectivity index (χ2n) is 3.52. The predicted octanol–water partition coefficient (Wildman–Crippen LogP) is 4.23. The molecular weight excluding hydrogens is 341 g/mol. The lowest BCUT2D eigenvalue weighted by Gasteiger charge is -2.05. The molecule has 0 fully saturated rings. The zero-order chi connectivity index (χ0) is 13.1. The van der Waals surface area contributed by atoms with Crippen LogP contribution in [0.5, 0.6) is 0 Å². The SMILES string of the molecule is O=C(NCc1cc(Br)cs1)c1cccc(Cl)c1F. The molecule has 0 radical (unpaired) electrons. The van der Waals surface area contributed by atoms with Crippen LogP contribution in [0, 0.1) is 5.82 Å².